The number of nitrogens with one attached hydrogen (secondary N) is 2. The second kappa shape index (κ2) is 7.64. The second-order valence-corrected chi connectivity index (χ2v) is 5.68. The normalized spacial score (nSPS) is 13.6. The number of benzene rings is 2. The van der Waals surface area contributed by atoms with E-state index in [0.717, 1.165) is 18.7 Å². The Morgan fingerprint density at radius 1 is 1.21 bits per heavy atom. The number of hydrogen-bond acceptors (Lipinski definition) is 3. The van der Waals surface area contributed by atoms with Gasteiger partial charge in [-0.25, -0.2) is 4.39 Å². The molecule has 1 unspecified atom stereocenters. The Balaban J connectivity index is 0.00000208. The summed E-state index contributed by atoms with van der Waals surface area (Å²) in [5, 5.41) is 6.15. The summed E-state index contributed by atoms with van der Waals surface area (Å²) in [6.45, 7) is 3.46. The van der Waals surface area contributed by atoms with Gasteiger partial charge in [-0.05, 0) is 47.9 Å². The Morgan fingerprint density at radius 3 is 2.67 bits per heavy atom. The number of methoxy groups -OCH3 is 1. The van der Waals surface area contributed by atoms with Crippen LogP contribution >= 0.6 is 12.4 Å². The molecule has 0 bridgehead atoms. The molecule has 1 amide bonds. The molecule has 0 radical (unpaired) electrons. The number of hydrogen-bond donors (Lipinski definition) is 2. The molecule has 0 saturated heterocycles. The van der Waals surface area contributed by atoms with Gasteiger partial charge in [0.2, 0.25) is 0 Å². The first kappa shape index (κ1) is 18.2. The lowest BCUT2D eigenvalue weighted by Gasteiger charge is -2.15. The second-order valence-electron chi connectivity index (χ2n) is 5.68. The first-order valence-corrected chi connectivity index (χ1v) is 7.55. The number of fused-ring (bicyclic) bond motifs is 1. The van der Waals surface area contributed by atoms with Crippen molar-refractivity contribution in [2.75, 3.05) is 7.11 Å². The van der Waals surface area contributed by atoms with Gasteiger partial charge in [0.1, 0.15) is 0 Å². The Hall–Kier alpha value is -2.11. The van der Waals surface area contributed by atoms with Crippen LogP contribution in [-0.2, 0) is 13.1 Å². The maximum atomic E-state index is 13.8. The maximum absolute atomic E-state index is 13.8. The highest BCUT2D eigenvalue weighted by Gasteiger charge is 2.16. The Labute approximate surface area is 146 Å². The van der Waals surface area contributed by atoms with Crippen LogP contribution in [0.25, 0.3) is 0 Å². The SMILES string of the molecule is COc1ccc(C(C)NC(=O)c2ccc3c(c2)CNC3)cc1F.Cl. The summed E-state index contributed by atoms with van der Waals surface area (Å²) in [5.74, 6) is -0.406. The fraction of sp³-hybridized carbons (Fsp3) is 0.278. The Morgan fingerprint density at radius 2 is 1.96 bits per heavy atom. The molecule has 2 aromatic carbocycles. The van der Waals surface area contributed by atoms with E-state index in [1.165, 1.54) is 18.7 Å². The third-order valence-electron chi connectivity index (χ3n) is 4.12. The molecule has 1 aliphatic heterocycles. The van der Waals surface area contributed by atoms with E-state index < -0.39 is 5.82 Å². The largest absolute Gasteiger partial charge is 0.494 e. The van der Waals surface area contributed by atoms with Gasteiger partial charge in [-0.1, -0.05) is 12.1 Å². The molecule has 0 aromatic heterocycles. The van der Waals surface area contributed by atoms with Crippen molar-refractivity contribution in [2.24, 2.45) is 0 Å². The quantitative estimate of drug-likeness (QED) is 0.889. The summed E-state index contributed by atoms with van der Waals surface area (Å²) < 4.78 is 18.7. The first-order valence-electron chi connectivity index (χ1n) is 7.55. The molecule has 0 saturated carbocycles. The first-order chi connectivity index (χ1) is 11.1. The van der Waals surface area contributed by atoms with Crippen molar-refractivity contribution in [1.29, 1.82) is 0 Å². The van der Waals surface area contributed by atoms with Crippen LogP contribution < -0.4 is 15.4 Å². The van der Waals surface area contributed by atoms with E-state index in [-0.39, 0.29) is 30.1 Å². The van der Waals surface area contributed by atoms with Gasteiger partial charge in [-0.2, -0.15) is 0 Å². The highest BCUT2D eigenvalue weighted by Crippen LogP contribution is 2.22. The number of amides is 1. The van der Waals surface area contributed by atoms with Gasteiger partial charge in [-0.3, -0.25) is 4.79 Å². The third kappa shape index (κ3) is 3.68. The van der Waals surface area contributed by atoms with Crippen molar-refractivity contribution in [3.8, 4) is 5.75 Å². The molecule has 1 aliphatic rings. The number of ether oxygens (including phenoxy) is 1. The van der Waals surface area contributed by atoms with Gasteiger partial charge < -0.3 is 15.4 Å². The Bertz CT molecular complexity index is 752. The van der Waals surface area contributed by atoms with Crippen LogP contribution in [0.2, 0.25) is 0 Å². The number of carbonyl (C=O) groups excluding carboxylic acids is 1. The van der Waals surface area contributed by atoms with Crippen molar-refractivity contribution in [3.63, 3.8) is 0 Å². The van der Waals surface area contributed by atoms with Crippen molar-refractivity contribution >= 4 is 18.3 Å². The van der Waals surface area contributed by atoms with Crippen molar-refractivity contribution in [1.82, 2.24) is 10.6 Å². The van der Waals surface area contributed by atoms with Crippen LogP contribution in [0.3, 0.4) is 0 Å². The average molecular weight is 351 g/mol. The zero-order valence-electron chi connectivity index (χ0n) is 13.6. The predicted octanol–water partition coefficient (Wildman–Crippen LogP) is 3.35. The lowest BCUT2D eigenvalue weighted by Crippen LogP contribution is -2.26. The minimum absolute atomic E-state index is 0. The lowest BCUT2D eigenvalue weighted by molar-refractivity contribution is 0.0939. The van der Waals surface area contributed by atoms with Crippen LogP contribution in [0, 0.1) is 5.82 Å². The molecular formula is C18H20ClFN2O2. The highest BCUT2D eigenvalue weighted by atomic mass is 35.5. The fourth-order valence-electron chi connectivity index (χ4n) is 2.75. The smallest absolute Gasteiger partial charge is 0.251 e. The fourth-order valence-corrected chi connectivity index (χ4v) is 2.75. The zero-order chi connectivity index (χ0) is 16.4. The van der Waals surface area contributed by atoms with Gasteiger partial charge in [0.15, 0.2) is 11.6 Å². The molecule has 3 rings (SSSR count). The molecule has 1 atom stereocenters. The molecule has 1 heterocycles. The van der Waals surface area contributed by atoms with Gasteiger partial charge in [0.05, 0.1) is 13.2 Å². The summed E-state index contributed by atoms with van der Waals surface area (Å²) in [6.07, 6.45) is 0. The zero-order valence-corrected chi connectivity index (χ0v) is 14.4. The third-order valence-corrected chi connectivity index (χ3v) is 4.12. The molecule has 2 N–H and O–H groups in total. The summed E-state index contributed by atoms with van der Waals surface area (Å²) in [4.78, 5) is 12.4. The summed E-state index contributed by atoms with van der Waals surface area (Å²) in [6, 6.07) is 10.1. The molecule has 0 spiro atoms. The van der Waals surface area contributed by atoms with Gasteiger partial charge in [0.25, 0.3) is 5.91 Å². The average Bonchev–Trinajstić information content (AvgIpc) is 3.02. The minimum Gasteiger partial charge on any atom is -0.494 e. The summed E-state index contributed by atoms with van der Waals surface area (Å²) in [5.41, 5.74) is 3.69. The highest BCUT2D eigenvalue weighted by molar-refractivity contribution is 5.94. The van der Waals surface area contributed by atoms with Crippen molar-refractivity contribution in [3.05, 3.63) is 64.5 Å². The van der Waals surface area contributed by atoms with E-state index in [0.29, 0.717) is 11.1 Å². The van der Waals surface area contributed by atoms with E-state index in [1.807, 2.05) is 25.1 Å². The monoisotopic (exact) mass is 350 g/mol. The minimum atomic E-state index is -0.435. The topological polar surface area (TPSA) is 50.4 Å². The molecular weight excluding hydrogens is 331 g/mol. The lowest BCUT2D eigenvalue weighted by atomic mass is 10.0. The number of rotatable bonds is 4. The molecule has 128 valence electrons. The van der Waals surface area contributed by atoms with Crippen molar-refractivity contribution in [2.45, 2.75) is 26.1 Å². The molecule has 2 aromatic rings. The molecule has 4 nitrogen and oxygen atoms in total. The summed E-state index contributed by atoms with van der Waals surface area (Å²) >= 11 is 0. The van der Waals surface area contributed by atoms with Crippen LogP contribution in [-0.4, -0.2) is 13.0 Å². The standard InChI is InChI=1S/C18H19FN2O2.ClH/c1-11(12-5-6-17(23-2)16(19)8-12)21-18(22)13-3-4-14-9-20-10-15(14)7-13;/h3-8,11,20H,9-10H2,1-2H3,(H,21,22);1H. The van der Waals surface area contributed by atoms with Gasteiger partial charge >= 0.3 is 0 Å². The van der Waals surface area contributed by atoms with E-state index >= 15 is 0 Å². The van der Waals surface area contributed by atoms with E-state index in [1.54, 1.807) is 12.1 Å². The van der Waals surface area contributed by atoms with E-state index in [9.17, 15) is 9.18 Å². The molecule has 0 aliphatic carbocycles. The predicted molar refractivity (Wildman–Crippen MR) is 93.1 cm³/mol. The van der Waals surface area contributed by atoms with Crippen LogP contribution in [0.5, 0.6) is 5.75 Å². The van der Waals surface area contributed by atoms with Crippen LogP contribution in [0.15, 0.2) is 36.4 Å². The van der Waals surface area contributed by atoms with Crippen LogP contribution in [0.1, 0.15) is 40.0 Å². The van der Waals surface area contributed by atoms with Crippen molar-refractivity contribution < 1.29 is 13.9 Å². The Kier molecular flexibility index (Phi) is 5.80. The number of carbonyl (C=O) groups is 1. The summed E-state index contributed by atoms with van der Waals surface area (Å²) in [7, 11) is 1.42. The molecule has 24 heavy (non-hydrogen) atoms. The van der Waals surface area contributed by atoms with E-state index in [2.05, 4.69) is 10.6 Å². The van der Waals surface area contributed by atoms with Gasteiger partial charge in [-0.15, -0.1) is 12.4 Å². The maximum Gasteiger partial charge on any atom is 0.251 e. The molecule has 6 heteroatoms. The molecule has 0 fully saturated rings. The van der Waals surface area contributed by atoms with Crippen LogP contribution in [0.4, 0.5) is 4.39 Å². The van der Waals surface area contributed by atoms with E-state index in [4.69, 9.17) is 4.74 Å². The number of halogens is 2. The van der Waals surface area contributed by atoms with Gasteiger partial charge in [0, 0.05) is 18.7 Å².